The van der Waals surface area contributed by atoms with Gasteiger partial charge in [-0.15, -0.1) is 0 Å². The first-order chi connectivity index (χ1) is 13.3. The van der Waals surface area contributed by atoms with Crippen LogP contribution in [0.2, 0.25) is 0 Å². The topological polar surface area (TPSA) is 92.8 Å². The molecule has 0 bridgehead atoms. The summed E-state index contributed by atoms with van der Waals surface area (Å²) in [4.78, 5) is 24.5. The van der Waals surface area contributed by atoms with Gasteiger partial charge in [-0.2, -0.15) is 4.31 Å². The summed E-state index contributed by atoms with van der Waals surface area (Å²) in [7, 11) is -2.22. The van der Waals surface area contributed by atoms with E-state index in [1.54, 1.807) is 25.1 Å². The predicted molar refractivity (Wildman–Crippen MR) is 105 cm³/mol. The second-order valence-electron chi connectivity index (χ2n) is 6.56. The number of carbonyl (C=O) groups is 2. The number of esters is 1. The van der Waals surface area contributed by atoms with Gasteiger partial charge in [0.2, 0.25) is 10.0 Å². The first-order valence-electron chi connectivity index (χ1n) is 8.94. The first-order valence-corrected chi connectivity index (χ1v) is 10.4. The van der Waals surface area contributed by atoms with Crippen molar-refractivity contribution in [1.82, 2.24) is 4.31 Å². The van der Waals surface area contributed by atoms with Crippen LogP contribution in [0.4, 0.5) is 5.69 Å². The summed E-state index contributed by atoms with van der Waals surface area (Å²) in [5, 5.41) is 2.75. The fourth-order valence-corrected chi connectivity index (χ4v) is 4.67. The lowest BCUT2D eigenvalue weighted by Gasteiger charge is -2.15. The number of hydrogen-bond acceptors (Lipinski definition) is 5. The summed E-state index contributed by atoms with van der Waals surface area (Å²) in [5.41, 5.74) is 1.77. The number of nitrogens with one attached hydrogen (secondary N) is 1. The van der Waals surface area contributed by atoms with E-state index in [0.717, 1.165) is 12.8 Å². The summed E-state index contributed by atoms with van der Waals surface area (Å²) < 4.78 is 31.3. The molecule has 0 saturated carbocycles. The minimum Gasteiger partial charge on any atom is -0.465 e. The minimum atomic E-state index is -3.51. The SMILES string of the molecule is COC(=O)c1cccc(NC(=O)c2ccc(S(=O)(=O)N3CCCC3)cc2)c1C. The van der Waals surface area contributed by atoms with Crippen LogP contribution in [0.25, 0.3) is 0 Å². The number of carbonyl (C=O) groups excluding carboxylic acids is 2. The quantitative estimate of drug-likeness (QED) is 0.777. The van der Waals surface area contributed by atoms with E-state index in [0.29, 0.717) is 35.5 Å². The van der Waals surface area contributed by atoms with E-state index < -0.39 is 21.9 Å². The Kier molecular flexibility index (Phi) is 5.81. The highest BCUT2D eigenvalue weighted by atomic mass is 32.2. The number of nitrogens with zero attached hydrogens (tertiary/aromatic N) is 1. The van der Waals surface area contributed by atoms with Gasteiger partial charge < -0.3 is 10.1 Å². The van der Waals surface area contributed by atoms with Crippen molar-refractivity contribution in [3.05, 3.63) is 59.2 Å². The molecule has 1 aliphatic rings. The van der Waals surface area contributed by atoms with E-state index in [-0.39, 0.29) is 4.90 Å². The number of anilines is 1. The van der Waals surface area contributed by atoms with Crippen molar-refractivity contribution in [2.24, 2.45) is 0 Å². The summed E-state index contributed by atoms with van der Waals surface area (Å²) in [6.07, 6.45) is 1.73. The van der Waals surface area contributed by atoms with Crippen molar-refractivity contribution < 1.29 is 22.7 Å². The molecule has 0 aromatic heterocycles. The van der Waals surface area contributed by atoms with E-state index in [1.165, 1.54) is 35.7 Å². The molecule has 1 saturated heterocycles. The molecule has 3 rings (SSSR count). The summed E-state index contributed by atoms with van der Waals surface area (Å²) in [6.45, 7) is 2.77. The van der Waals surface area contributed by atoms with Gasteiger partial charge in [0.05, 0.1) is 17.6 Å². The predicted octanol–water partition coefficient (Wildman–Crippen LogP) is 2.82. The third kappa shape index (κ3) is 3.93. The van der Waals surface area contributed by atoms with Crippen molar-refractivity contribution in [1.29, 1.82) is 0 Å². The maximum atomic E-state index is 12.6. The van der Waals surface area contributed by atoms with Gasteiger partial charge in [0.1, 0.15) is 0 Å². The Bertz CT molecular complexity index is 994. The molecular formula is C20H22N2O5S. The number of methoxy groups -OCH3 is 1. The number of hydrogen-bond donors (Lipinski definition) is 1. The van der Waals surface area contributed by atoms with Crippen LogP contribution in [-0.4, -0.2) is 44.8 Å². The Morgan fingerprint density at radius 3 is 2.29 bits per heavy atom. The number of benzene rings is 2. The highest BCUT2D eigenvalue weighted by molar-refractivity contribution is 7.89. The zero-order valence-electron chi connectivity index (χ0n) is 15.8. The number of amides is 1. The molecule has 0 unspecified atom stereocenters. The summed E-state index contributed by atoms with van der Waals surface area (Å²) in [6, 6.07) is 10.8. The third-order valence-electron chi connectivity index (χ3n) is 4.81. The molecule has 0 aliphatic carbocycles. The fourth-order valence-electron chi connectivity index (χ4n) is 3.15. The average Bonchev–Trinajstić information content (AvgIpc) is 3.25. The highest BCUT2D eigenvalue weighted by Gasteiger charge is 2.27. The summed E-state index contributed by atoms with van der Waals surface area (Å²) >= 11 is 0. The van der Waals surface area contributed by atoms with Gasteiger partial charge in [-0.05, 0) is 61.7 Å². The number of sulfonamides is 1. The van der Waals surface area contributed by atoms with Crippen LogP contribution < -0.4 is 5.32 Å². The maximum absolute atomic E-state index is 12.6. The molecule has 7 nitrogen and oxygen atoms in total. The number of ether oxygens (including phenoxy) is 1. The van der Waals surface area contributed by atoms with Crippen LogP contribution in [0, 0.1) is 6.92 Å². The first kappa shape index (κ1) is 20.0. The van der Waals surface area contributed by atoms with E-state index >= 15 is 0 Å². The monoisotopic (exact) mass is 402 g/mol. The maximum Gasteiger partial charge on any atom is 0.338 e. The van der Waals surface area contributed by atoms with E-state index in [1.807, 2.05) is 0 Å². The summed E-state index contributed by atoms with van der Waals surface area (Å²) in [5.74, 6) is -0.875. The second-order valence-corrected chi connectivity index (χ2v) is 8.50. The molecule has 1 fully saturated rings. The molecule has 2 aromatic carbocycles. The van der Waals surface area contributed by atoms with Gasteiger partial charge in [0.15, 0.2) is 0 Å². The van der Waals surface area contributed by atoms with Crippen molar-refractivity contribution in [2.45, 2.75) is 24.7 Å². The van der Waals surface area contributed by atoms with Crippen molar-refractivity contribution in [3.8, 4) is 0 Å². The molecule has 1 heterocycles. The lowest BCUT2D eigenvalue weighted by atomic mass is 10.1. The molecule has 148 valence electrons. The molecule has 0 radical (unpaired) electrons. The van der Waals surface area contributed by atoms with Gasteiger partial charge in [-0.3, -0.25) is 4.79 Å². The van der Waals surface area contributed by atoms with E-state index in [4.69, 9.17) is 4.74 Å². The Morgan fingerprint density at radius 1 is 1.04 bits per heavy atom. The Balaban J connectivity index is 1.78. The van der Waals surface area contributed by atoms with Crippen LogP contribution in [0.15, 0.2) is 47.4 Å². The third-order valence-corrected chi connectivity index (χ3v) is 6.72. The van der Waals surface area contributed by atoms with Crippen molar-refractivity contribution in [3.63, 3.8) is 0 Å². The minimum absolute atomic E-state index is 0.176. The van der Waals surface area contributed by atoms with Crippen LogP contribution >= 0.6 is 0 Å². The molecule has 28 heavy (non-hydrogen) atoms. The van der Waals surface area contributed by atoms with Crippen LogP contribution in [-0.2, 0) is 14.8 Å². The molecule has 1 N–H and O–H groups in total. The largest absolute Gasteiger partial charge is 0.465 e. The smallest absolute Gasteiger partial charge is 0.338 e. The highest BCUT2D eigenvalue weighted by Crippen LogP contribution is 2.23. The Labute approximate surface area is 164 Å². The average molecular weight is 402 g/mol. The molecule has 1 amide bonds. The lowest BCUT2D eigenvalue weighted by Crippen LogP contribution is -2.27. The zero-order chi connectivity index (χ0) is 20.3. The van der Waals surface area contributed by atoms with Gasteiger partial charge in [0.25, 0.3) is 5.91 Å². The van der Waals surface area contributed by atoms with Crippen LogP contribution in [0.1, 0.15) is 39.1 Å². The molecule has 2 aromatic rings. The molecular weight excluding hydrogens is 380 g/mol. The van der Waals surface area contributed by atoms with Crippen LogP contribution in [0.5, 0.6) is 0 Å². The molecule has 8 heteroatoms. The van der Waals surface area contributed by atoms with E-state index in [9.17, 15) is 18.0 Å². The standard InChI is InChI=1S/C20H22N2O5S/c1-14-17(20(24)27-2)6-5-7-18(14)21-19(23)15-8-10-16(11-9-15)28(25,26)22-12-3-4-13-22/h5-11H,3-4,12-13H2,1-2H3,(H,21,23). The van der Waals surface area contributed by atoms with Crippen molar-refractivity contribution in [2.75, 3.05) is 25.5 Å². The Morgan fingerprint density at radius 2 is 1.68 bits per heavy atom. The van der Waals surface area contributed by atoms with Gasteiger partial charge >= 0.3 is 5.97 Å². The second kappa shape index (κ2) is 8.12. The normalized spacial score (nSPS) is 14.6. The van der Waals surface area contributed by atoms with Gasteiger partial charge in [0, 0.05) is 24.3 Å². The molecule has 1 aliphatic heterocycles. The fraction of sp³-hybridized carbons (Fsp3) is 0.300. The number of rotatable bonds is 5. The van der Waals surface area contributed by atoms with Gasteiger partial charge in [-0.1, -0.05) is 6.07 Å². The molecule has 0 spiro atoms. The van der Waals surface area contributed by atoms with Crippen LogP contribution in [0.3, 0.4) is 0 Å². The molecule has 0 atom stereocenters. The Hall–Kier alpha value is -2.71. The lowest BCUT2D eigenvalue weighted by molar-refractivity contribution is 0.0599. The van der Waals surface area contributed by atoms with E-state index in [2.05, 4.69) is 5.32 Å². The zero-order valence-corrected chi connectivity index (χ0v) is 16.6. The van der Waals surface area contributed by atoms with Crippen molar-refractivity contribution >= 4 is 27.6 Å². The van der Waals surface area contributed by atoms with Gasteiger partial charge in [-0.25, -0.2) is 13.2 Å².